The fourth-order valence-electron chi connectivity index (χ4n) is 2.29. The van der Waals surface area contributed by atoms with Crippen molar-refractivity contribution in [3.63, 3.8) is 0 Å². The summed E-state index contributed by atoms with van der Waals surface area (Å²) in [5, 5.41) is 5.61. The summed E-state index contributed by atoms with van der Waals surface area (Å²) in [6.07, 6.45) is 0. The van der Waals surface area contributed by atoms with E-state index in [4.69, 9.17) is 0 Å². The summed E-state index contributed by atoms with van der Waals surface area (Å²) in [6, 6.07) is 15.9. The second-order valence-electron chi connectivity index (χ2n) is 5.79. The van der Waals surface area contributed by atoms with Gasteiger partial charge in [0, 0.05) is 11.3 Å². The van der Waals surface area contributed by atoms with E-state index in [-0.39, 0.29) is 11.8 Å². The second kappa shape index (κ2) is 7.58. The van der Waals surface area contributed by atoms with Crippen LogP contribution in [0.5, 0.6) is 0 Å². The Hall–Kier alpha value is -2.62. The smallest absolute Gasteiger partial charge is 0.251 e. The van der Waals surface area contributed by atoms with Crippen molar-refractivity contribution in [2.75, 3.05) is 5.32 Å². The molecule has 1 atom stereocenters. The Kier molecular flexibility index (Phi) is 5.52. The average Bonchev–Trinajstić information content (AvgIpc) is 2.55. The van der Waals surface area contributed by atoms with Gasteiger partial charge in [0.2, 0.25) is 5.91 Å². The third kappa shape index (κ3) is 4.42. The van der Waals surface area contributed by atoms with Crippen molar-refractivity contribution in [1.29, 1.82) is 0 Å². The van der Waals surface area contributed by atoms with Crippen LogP contribution in [0.15, 0.2) is 54.6 Å². The van der Waals surface area contributed by atoms with Gasteiger partial charge in [-0.2, -0.15) is 0 Å². The van der Waals surface area contributed by atoms with Crippen molar-refractivity contribution >= 4 is 17.5 Å². The first-order valence-corrected chi connectivity index (χ1v) is 7.74. The molecule has 0 spiro atoms. The molecule has 0 saturated heterocycles. The fourth-order valence-corrected chi connectivity index (χ4v) is 2.29. The van der Waals surface area contributed by atoms with Crippen molar-refractivity contribution in [2.24, 2.45) is 0 Å². The molecule has 4 heteroatoms. The Morgan fingerprint density at radius 3 is 2.13 bits per heavy atom. The van der Waals surface area contributed by atoms with Gasteiger partial charge in [0.15, 0.2) is 0 Å². The first kappa shape index (κ1) is 16.7. The predicted octanol–water partition coefficient (Wildman–Crippen LogP) is 3.57. The van der Waals surface area contributed by atoms with Gasteiger partial charge in [0.1, 0.15) is 6.04 Å². The van der Waals surface area contributed by atoms with Gasteiger partial charge in [-0.1, -0.05) is 50.2 Å². The molecule has 0 aromatic heterocycles. The van der Waals surface area contributed by atoms with E-state index in [1.54, 1.807) is 31.2 Å². The summed E-state index contributed by atoms with van der Waals surface area (Å²) in [5.41, 5.74) is 2.39. The van der Waals surface area contributed by atoms with E-state index in [1.165, 1.54) is 0 Å². The number of carbonyl (C=O) groups is 2. The topological polar surface area (TPSA) is 58.2 Å². The molecule has 23 heavy (non-hydrogen) atoms. The van der Waals surface area contributed by atoms with Crippen molar-refractivity contribution < 1.29 is 9.59 Å². The molecule has 2 rings (SSSR count). The molecule has 0 heterocycles. The summed E-state index contributed by atoms with van der Waals surface area (Å²) < 4.78 is 0. The number of rotatable bonds is 5. The molecule has 120 valence electrons. The predicted molar refractivity (Wildman–Crippen MR) is 92.5 cm³/mol. The molecule has 0 bridgehead atoms. The highest BCUT2D eigenvalue weighted by Crippen LogP contribution is 2.23. The average molecular weight is 310 g/mol. The van der Waals surface area contributed by atoms with Crippen molar-refractivity contribution in [3.8, 4) is 0 Å². The second-order valence-corrected chi connectivity index (χ2v) is 5.79. The van der Waals surface area contributed by atoms with Crippen LogP contribution >= 0.6 is 0 Å². The highest BCUT2D eigenvalue weighted by molar-refractivity contribution is 6.01. The number of nitrogens with one attached hydrogen (secondary N) is 2. The van der Waals surface area contributed by atoms with Gasteiger partial charge in [-0.25, -0.2) is 0 Å². The normalized spacial score (nSPS) is 11.8. The Balaban J connectivity index is 2.02. The quantitative estimate of drug-likeness (QED) is 0.887. The Bertz CT molecular complexity index is 681. The van der Waals surface area contributed by atoms with E-state index in [9.17, 15) is 9.59 Å². The maximum absolute atomic E-state index is 12.3. The molecule has 0 aliphatic heterocycles. The lowest BCUT2D eigenvalue weighted by molar-refractivity contribution is -0.117. The molecule has 2 aromatic carbocycles. The standard InChI is InChI=1S/C19H22N2O2/c1-13(2)16-11-7-8-12-17(16)21-18(22)14(3)20-19(23)15-9-5-4-6-10-15/h4-14H,1-3H3,(H,20,23)(H,21,22). The highest BCUT2D eigenvalue weighted by Gasteiger charge is 2.18. The minimum absolute atomic E-state index is 0.234. The van der Waals surface area contributed by atoms with Crippen LogP contribution in [0.3, 0.4) is 0 Å². The molecule has 1 unspecified atom stereocenters. The fraction of sp³-hybridized carbons (Fsp3) is 0.263. The Morgan fingerprint density at radius 1 is 0.870 bits per heavy atom. The number of hydrogen-bond acceptors (Lipinski definition) is 2. The minimum atomic E-state index is -0.622. The summed E-state index contributed by atoms with van der Waals surface area (Å²) in [4.78, 5) is 24.4. The van der Waals surface area contributed by atoms with Gasteiger partial charge in [-0.15, -0.1) is 0 Å². The molecule has 0 radical (unpaired) electrons. The van der Waals surface area contributed by atoms with E-state index in [0.717, 1.165) is 11.3 Å². The number of benzene rings is 2. The van der Waals surface area contributed by atoms with Crippen molar-refractivity contribution in [1.82, 2.24) is 5.32 Å². The van der Waals surface area contributed by atoms with Gasteiger partial charge in [0.05, 0.1) is 0 Å². The number of para-hydroxylation sites is 1. The number of amides is 2. The highest BCUT2D eigenvalue weighted by atomic mass is 16.2. The van der Waals surface area contributed by atoms with E-state index >= 15 is 0 Å². The zero-order chi connectivity index (χ0) is 16.8. The van der Waals surface area contributed by atoms with Crippen LogP contribution in [0.2, 0.25) is 0 Å². The van der Waals surface area contributed by atoms with E-state index in [2.05, 4.69) is 24.5 Å². The first-order valence-electron chi connectivity index (χ1n) is 7.74. The molecule has 0 saturated carbocycles. The third-order valence-electron chi connectivity index (χ3n) is 3.62. The summed E-state index contributed by atoms with van der Waals surface area (Å²) >= 11 is 0. The van der Waals surface area contributed by atoms with Gasteiger partial charge in [0.25, 0.3) is 5.91 Å². The largest absolute Gasteiger partial charge is 0.341 e. The summed E-state index contributed by atoms with van der Waals surface area (Å²) in [6.45, 7) is 5.82. The zero-order valence-corrected chi connectivity index (χ0v) is 13.7. The Labute approximate surface area is 136 Å². The lowest BCUT2D eigenvalue weighted by atomic mass is 10.0. The maximum atomic E-state index is 12.3. The number of anilines is 1. The van der Waals surface area contributed by atoms with Gasteiger partial charge in [-0.05, 0) is 36.6 Å². The van der Waals surface area contributed by atoms with Gasteiger partial charge < -0.3 is 10.6 Å². The van der Waals surface area contributed by atoms with Crippen LogP contribution in [-0.4, -0.2) is 17.9 Å². The lowest BCUT2D eigenvalue weighted by Crippen LogP contribution is -2.41. The van der Waals surface area contributed by atoms with E-state index < -0.39 is 6.04 Å². The Morgan fingerprint density at radius 2 is 1.48 bits per heavy atom. The molecule has 0 aliphatic rings. The molecule has 0 fully saturated rings. The van der Waals surface area contributed by atoms with Crippen molar-refractivity contribution in [2.45, 2.75) is 32.7 Å². The molecular formula is C19H22N2O2. The molecular weight excluding hydrogens is 288 g/mol. The van der Waals surface area contributed by atoms with Crippen LogP contribution in [-0.2, 0) is 4.79 Å². The summed E-state index contributed by atoms with van der Waals surface area (Å²) in [7, 11) is 0. The molecule has 2 N–H and O–H groups in total. The van der Waals surface area contributed by atoms with Gasteiger partial charge in [-0.3, -0.25) is 9.59 Å². The molecule has 4 nitrogen and oxygen atoms in total. The molecule has 2 amide bonds. The first-order chi connectivity index (χ1) is 11.0. The van der Waals surface area contributed by atoms with E-state index in [0.29, 0.717) is 11.5 Å². The van der Waals surface area contributed by atoms with E-state index in [1.807, 2.05) is 30.3 Å². The number of carbonyl (C=O) groups excluding carboxylic acids is 2. The lowest BCUT2D eigenvalue weighted by Gasteiger charge is -2.17. The number of hydrogen-bond donors (Lipinski definition) is 2. The minimum Gasteiger partial charge on any atom is -0.341 e. The van der Waals surface area contributed by atoms with Gasteiger partial charge >= 0.3 is 0 Å². The molecule has 0 aliphatic carbocycles. The van der Waals surface area contributed by atoms with Crippen LogP contribution in [0.4, 0.5) is 5.69 Å². The summed E-state index contributed by atoms with van der Waals surface area (Å²) in [5.74, 6) is -0.187. The third-order valence-corrected chi connectivity index (χ3v) is 3.62. The zero-order valence-electron chi connectivity index (χ0n) is 13.7. The molecule has 2 aromatic rings. The van der Waals surface area contributed by atoms with Crippen LogP contribution < -0.4 is 10.6 Å². The SMILES string of the molecule is CC(NC(=O)c1ccccc1)C(=O)Nc1ccccc1C(C)C. The van der Waals surface area contributed by atoms with Crippen LogP contribution in [0, 0.1) is 0 Å². The van der Waals surface area contributed by atoms with Crippen LogP contribution in [0.25, 0.3) is 0 Å². The monoisotopic (exact) mass is 310 g/mol. The maximum Gasteiger partial charge on any atom is 0.251 e. The van der Waals surface area contributed by atoms with Crippen LogP contribution in [0.1, 0.15) is 42.6 Å². The van der Waals surface area contributed by atoms with Crippen molar-refractivity contribution in [3.05, 3.63) is 65.7 Å².